The average Bonchev–Trinajstić information content (AvgIpc) is 3.11. The largest absolute Gasteiger partial charge is 0.274 e. The molecule has 0 radical (unpaired) electrons. The molecule has 0 saturated carbocycles. The molecule has 7 heteroatoms. The predicted molar refractivity (Wildman–Crippen MR) is 123 cm³/mol. The van der Waals surface area contributed by atoms with Gasteiger partial charge in [0.2, 0.25) is 5.91 Å². The molecule has 0 bridgehead atoms. The summed E-state index contributed by atoms with van der Waals surface area (Å²) in [6.07, 6.45) is -0.237. The van der Waals surface area contributed by atoms with Gasteiger partial charge in [-0.1, -0.05) is 53.6 Å². The van der Waals surface area contributed by atoms with E-state index in [4.69, 9.17) is 0 Å². The van der Waals surface area contributed by atoms with E-state index in [9.17, 15) is 19.2 Å². The van der Waals surface area contributed by atoms with Gasteiger partial charge in [-0.2, -0.15) is 0 Å². The molecule has 3 aromatic carbocycles. The van der Waals surface area contributed by atoms with Crippen molar-refractivity contribution >= 4 is 29.3 Å². The van der Waals surface area contributed by atoms with Crippen LogP contribution in [-0.2, 0) is 9.59 Å². The lowest BCUT2D eigenvalue weighted by atomic mass is 10.1. The molecular weight excluding hydrogens is 418 g/mol. The lowest BCUT2D eigenvalue weighted by Crippen LogP contribution is -2.54. The Kier molecular flexibility index (Phi) is 6.04. The second-order valence-electron chi connectivity index (χ2n) is 7.98. The van der Waals surface area contributed by atoms with Crippen molar-refractivity contribution in [1.29, 1.82) is 0 Å². The second kappa shape index (κ2) is 9.08. The van der Waals surface area contributed by atoms with Crippen molar-refractivity contribution in [1.82, 2.24) is 10.4 Å². The van der Waals surface area contributed by atoms with Gasteiger partial charge in [0.15, 0.2) is 0 Å². The smallest absolute Gasteiger partial charge is 0.273 e. The predicted octanol–water partition coefficient (Wildman–Crippen LogP) is 3.42. The van der Waals surface area contributed by atoms with Gasteiger partial charge in [-0.15, -0.1) is 0 Å². The number of carbonyl (C=O) groups excluding carboxylic acids is 4. The third kappa shape index (κ3) is 4.52. The van der Waals surface area contributed by atoms with Crippen molar-refractivity contribution in [2.24, 2.45) is 0 Å². The molecule has 166 valence electrons. The van der Waals surface area contributed by atoms with Crippen LogP contribution in [0, 0.1) is 13.8 Å². The fourth-order valence-electron chi connectivity index (χ4n) is 3.81. The molecule has 1 fully saturated rings. The average molecular weight is 441 g/mol. The highest BCUT2D eigenvalue weighted by molar-refractivity contribution is 6.23. The van der Waals surface area contributed by atoms with Gasteiger partial charge >= 0.3 is 0 Å². The Morgan fingerprint density at radius 1 is 0.848 bits per heavy atom. The summed E-state index contributed by atoms with van der Waals surface area (Å²) < 4.78 is 0. The van der Waals surface area contributed by atoms with Crippen LogP contribution in [0.15, 0.2) is 78.9 Å². The molecule has 3 aromatic rings. The Morgan fingerprint density at radius 3 is 2.09 bits per heavy atom. The normalized spacial score (nSPS) is 15.5. The number of aryl methyl sites for hydroxylation is 2. The van der Waals surface area contributed by atoms with Gasteiger partial charge in [-0.3, -0.25) is 24.6 Å². The zero-order valence-corrected chi connectivity index (χ0v) is 18.3. The Bertz CT molecular complexity index is 1240. The number of nitrogens with one attached hydrogen (secondary N) is 1. The molecule has 4 amide bonds. The standard InChI is InChI=1S/C26H23N3O4/c1-17-8-6-10-19(14-17)24(31)27-29(25(32)20-11-7-9-18(2)15-20)22-16-23(30)28(26(22)33)21-12-4-3-5-13-21/h3-15,22H,16H2,1-2H3,(H,27,31). The summed E-state index contributed by atoms with van der Waals surface area (Å²) in [7, 11) is 0. The van der Waals surface area contributed by atoms with E-state index in [2.05, 4.69) is 5.43 Å². The maximum atomic E-state index is 13.4. The number of carbonyl (C=O) groups is 4. The molecule has 33 heavy (non-hydrogen) atoms. The molecule has 1 N–H and O–H groups in total. The molecule has 1 aliphatic heterocycles. The van der Waals surface area contributed by atoms with Gasteiger partial charge in [0.05, 0.1) is 12.1 Å². The number of hydrogen-bond acceptors (Lipinski definition) is 4. The van der Waals surface area contributed by atoms with Crippen molar-refractivity contribution in [2.75, 3.05) is 4.90 Å². The Labute approximate surface area is 191 Å². The summed E-state index contributed by atoms with van der Waals surface area (Å²) in [5.41, 5.74) is 5.38. The van der Waals surface area contributed by atoms with Crippen LogP contribution in [0.5, 0.6) is 0 Å². The molecule has 1 unspecified atom stereocenters. The van der Waals surface area contributed by atoms with Gasteiger partial charge in [0.25, 0.3) is 17.7 Å². The van der Waals surface area contributed by atoms with E-state index >= 15 is 0 Å². The van der Waals surface area contributed by atoms with Crippen LogP contribution in [0.3, 0.4) is 0 Å². The van der Waals surface area contributed by atoms with E-state index in [1.54, 1.807) is 66.7 Å². The summed E-state index contributed by atoms with van der Waals surface area (Å²) in [6.45, 7) is 3.69. The van der Waals surface area contributed by atoms with Crippen molar-refractivity contribution in [3.05, 3.63) is 101 Å². The van der Waals surface area contributed by atoms with E-state index in [1.807, 2.05) is 26.0 Å². The number of imide groups is 1. The lowest BCUT2D eigenvalue weighted by molar-refractivity contribution is -0.122. The van der Waals surface area contributed by atoms with Crippen LogP contribution in [0.2, 0.25) is 0 Å². The topological polar surface area (TPSA) is 86.8 Å². The summed E-state index contributed by atoms with van der Waals surface area (Å²) in [5.74, 6) is -2.13. The molecule has 0 aliphatic carbocycles. The monoisotopic (exact) mass is 441 g/mol. The zero-order valence-electron chi connectivity index (χ0n) is 18.3. The van der Waals surface area contributed by atoms with E-state index in [0.717, 1.165) is 21.0 Å². The zero-order chi connectivity index (χ0) is 23.5. The van der Waals surface area contributed by atoms with Crippen LogP contribution in [-0.4, -0.2) is 34.7 Å². The minimum Gasteiger partial charge on any atom is -0.274 e. The fourth-order valence-corrected chi connectivity index (χ4v) is 3.81. The minimum absolute atomic E-state index is 0.237. The minimum atomic E-state index is -1.17. The first kappa shape index (κ1) is 22.0. The SMILES string of the molecule is Cc1cccc(C(=O)NN(C(=O)c2cccc(C)c2)C2CC(=O)N(c3ccccc3)C2=O)c1. The Morgan fingerprint density at radius 2 is 1.45 bits per heavy atom. The van der Waals surface area contributed by atoms with Crippen LogP contribution in [0.25, 0.3) is 0 Å². The molecule has 1 saturated heterocycles. The highest BCUT2D eigenvalue weighted by Gasteiger charge is 2.45. The van der Waals surface area contributed by atoms with E-state index < -0.39 is 29.7 Å². The van der Waals surface area contributed by atoms with Crippen molar-refractivity contribution in [3.8, 4) is 0 Å². The number of nitrogens with zero attached hydrogens (tertiary/aromatic N) is 2. The first-order chi connectivity index (χ1) is 15.8. The highest BCUT2D eigenvalue weighted by Crippen LogP contribution is 2.26. The van der Waals surface area contributed by atoms with Gasteiger partial charge in [-0.25, -0.2) is 9.91 Å². The summed E-state index contributed by atoms with van der Waals surface area (Å²) in [6, 6.07) is 21.1. The third-order valence-corrected chi connectivity index (χ3v) is 5.43. The Balaban J connectivity index is 1.69. The van der Waals surface area contributed by atoms with Crippen LogP contribution < -0.4 is 10.3 Å². The molecule has 0 spiro atoms. The van der Waals surface area contributed by atoms with Crippen LogP contribution in [0.4, 0.5) is 5.69 Å². The maximum absolute atomic E-state index is 13.4. The van der Waals surface area contributed by atoms with E-state index in [1.165, 1.54) is 0 Å². The maximum Gasteiger partial charge on any atom is 0.273 e. The molecule has 4 rings (SSSR count). The van der Waals surface area contributed by atoms with Crippen molar-refractivity contribution < 1.29 is 19.2 Å². The van der Waals surface area contributed by atoms with Gasteiger partial charge < -0.3 is 0 Å². The van der Waals surface area contributed by atoms with Gasteiger partial charge in [-0.05, 0) is 50.2 Å². The Hall–Kier alpha value is -4.26. The second-order valence-corrected chi connectivity index (χ2v) is 7.98. The highest BCUT2D eigenvalue weighted by atomic mass is 16.2. The van der Waals surface area contributed by atoms with Gasteiger partial charge in [0.1, 0.15) is 6.04 Å². The number of hydrogen-bond donors (Lipinski definition) is 1. The van der Waals surface area contributed by atoms with Crippen LogP contribution in [0.1, 0.15) is 38.3 Å². The fraction of sp³-hybridized carbons (Fsp3) is 0.154. The summed E-state index contributed by atoms with van der Waals surface area (Å²) >= 11 is 0. The van der Waals surface area contributed by atoms with Crippen molar-refractivity contribution in [2.45, 2.75) is 26.3 Å². The van der Waals surface area contributed by atoms with Crippen LogP contribution >= 0.6 is 0 Å². The first-order valence-electron chi connectivity index (χ1n) is 10.5. The number of hydrazine groups is 1. The molecule has 1 atom stereocenters. The van der Waals surface area contributed by atoms with E-state index in [-0.39, 0.29) is 6.42 Å². The molecular formula is C26H23N3O4. The number of benzene rings is 3. The number of rotatable bonds is 4. The molecule has 0 aromatic heterocycles. The first-order valence-corrected chi connectivity index (χ1v) is 10.5. The molecule has 1 heterocycles. The number of para-hydroxylation sites is 1. The van der Waals surface area contributed by atoms with Gasteiger partial charge in [0, 0.05) is 11.1 Å². The summed E-state index contributed by atoms with van der Waals surface area (Å²) in [4.78, 5) is 53.6. The number of amides is 4. The molecule has 7 nitrogen and oxygen atoms in total. The quantitative estimate of drug-likeness (QED) is 0.497. The number of anilines is 1. The van der Waals surface area contributed by atoms with E-state index in [0.29, 0.717) is 16.8 Å². The lowest BCUT2D eigenvalue weighted by Gasteiger charge is -2.28. The molecule has 1 aliphatic rings. The third-order valence-electron chi connectivity index (χ3n) is 5.43. The van der Waals surface area contributed by atoms with Crippen molar-refractivity contribution in [3.63, 3.8) is 0 Å². The summed E-state index contributed by atoms with van der Waals surface area (Å²) in [5, 5.41) is 0.989.